The Labute approximate surface area is 128 Å². The highest BCUT2D eigenvalue weighted by atomic mass is 35.5. The molecule has 0 radical (unpaired) electrons. The Morgan fingerprint density at radius 2 is 2.10 bits per heavy atom. The van der Waals surface area contributed by atoms with Gasteiger partial charge in [0.1, 0.15) is 11.9 Å². The Morgan fingerprint density at radius 1 is 1.38 bits per heavy atom. The summed E-state index contributed by atoms with van der Waals surface area (Å²) < 4.78 is 13.4. The summed E-state index contributed by atoms with van der Waals surface area (Å²) in [6.07, 6.45) is 1.59. The Balaban J connectivity index is 0.00000220. The molecule has 5 nitrogen and oxygen atoms in total. The largest absolute Gasteiger partial charge is 0.480 e. The Hall–Kier alpha value is -1.66. The zero-order chi connectivity index (χ0) is 14.5. The number of anilines is 1. The van der Waals surface area contributed by atoms with E-state index in [1.807, 2.05) is 0 Å². The van der Waals surface area contributed by atoms with E-state index in [0.29, 0.717) is 19.5 Å². The predicted molar refractivity (Wildman–Crippen MR) is 79.1 cm³/mol. The molecule has 1 aromatic rings. The molecule has 2 N–H and O–H groups in total. The number of para-hydroxylation sites is 1. The average Bonchev–Trinajstić information content (AvgIpc) is 2.88. The molecule has 21 heavy (non-hydrogen) atoms. The number of aliphatic carboxylic acids is 1. The molecule has 1 saturated heterocycles. The van der Waals surface area contributed by atoms with E-state index >= 15 is 0 Å². The number of halogens is 2. The van der Waals surface area contributed by atoms with Crippen LogP contribution in [0.1, 0.15) is 19.3 Å². The van der Waals surface area contributed by atoms with Crippen molar-refractivity contribution >= 4 is 30.0 Å². The molecule has 1 unspecified atom stereocenters. The van der Waals surface area contributed by atoms with Gasteiger partial charge in [-0.1, -0.05) is 12.1 Å². The third kappa shape index (κ3) is 4.68. The van der Waals surface area contributed by atoms with Gasteiger partial charge in [-0.2, -0.15) is 0 Å². The Kier molecular flexibility index (Phi) is 6.58. The summed E-state index contributed by atoms with van der Waals surface area (Å²) in [7, 11) is 0. The van der Waals surface area contributed by atoms with Crippen molar-refractivity contribution in [2.24, 2.45) is 0 Å². The molecule has 1 aliphatic rings. The summed E-state index contributed by atoms with van der Waals surface area (Å²) in [6, 6.07) is 5.45. The van der Waals surface area contributed by atoms with E-state index in [4.69, 9.17) is 5.11 Å². The van der Waals surface area contributed by atoms with E-state index in [0.717, 1.165) is 6.42 Å². The van der Waals surface area contributed by atoms with Crippen LogP contribution in [0, 0.1) is 5.82 Å². The molecule has 0 bridgehead atoms. The van der Waals surface area contributed by atoms with Crippen LogP contribution in [-0.2, 0) is 9.59 Å². The fourth-order valence-electron chi connectivity index (χ4n) is 2.39. The highest BCUT2D eigenvalue weighted by Gasteiger charge is 2.30. The van der Waals surface area contributed by atoms with Crippen molar-refractivity contribution in [2.45, 2.75) is 25.3 Å². The minimum atomic E-state index is -0.850. The van der Waals surface area contributed by atoms with Gasteiger partial charge in [-0.05, 0) is 31.5 Å². The molecule has 1 aliphatic heterocycles. The van der Waals surface area contributed by atoms with Gasteiger partial charge in [0.25, 0.3) is 0 Å². The van der Waals surface area contributed by atoms with Gasteiger partial charge in [0, 0.05) is 13.0 Å². The van der Waals surface area contributed by atoms with E-state index in [1.54, 1.807) is 17.0 Å². The van der Waals surface area contributed by atoms with Crippen LogP contribution in [0.4, 0.5) is 10.1 Å². The van der Waals surface area contributed by atoms with Gasteiger partial charge in [-0.15, -0.1) is 12.4 Å². The second-order valence-electron chi connectivity index (χ2n) is 4.81. The summed E-state index contributed by atoms with van der Waals surface area (Å²) in [4.78, 5) is 24.5. The molecule has 1 atom stereocenters. The van der Waals surface area contributed by atoms with Crippen molar-refractivity contribution in [1.29, 1.82) is 0 Å². The number of nitrogens with one attached hydrogen (secondary N) is 1. The molecule has 0 saturated carbocycles. The van der Waals surface area contributed by atoms with Crippen molar-refractivity contribution < 1.29 is 19.1 Å². The van der Waals surface area contributed by atoms with E-state index in [2.05, 4.69) is 5.32 Å². The number of carbonyl (C=O) groups is 2. The molecule has 116 valence electrons. The topological polar surface area (TPSA) is 69.6 Å². The zero-order valence-corrected chi connectivity index (χ0v) is 12.2. The lowest BCUT2D eigenvalue weighted by Gasteiger charge is -2.20. The van der Waals surface area contributed by atoms with Crippen LogP contribution in [0.25, 0.3) is 0 Å². The normalized spacial score (nSPS) is 18.0. The summed E-state index contributed by atoms with van der Waals surface area (Å²) in [5.41, 5.74) is 0.147. The predicted octanol–water partition coefficient (Wildman–Crippen LogP) is 2.13. The van der Waals surface area contributed by atoms with E-state index in [1.165, 1.54) is 12.1 Å². The number of rotatable bonds is 5. The molecule has 1 aromatic carbocycles. The molecular formula is C14H18ClFN2O3. The van der Waals surface area contributed by atoms with E-state index in [-0.39, 0.29) is 30.4 Å². The third-order valence-electron chi connectivity index (χ3n) is 3.42. The summed E-state index contributed by atoms with van der Waals surface area (Å²) in [5.74, 6) is -1.64. The van der Waals surface area contributed by atoms with Crippen LogP contribution < -0.4 is 5.32 Å². The van der Waals surface area contributed by atoms with Crippen LogP contribution >= 0.6 is 12.4 Å². The lowest BCUT2D eigenvalue weighted by molar-refractivity contribution is -0.142. The van der Waals surface area contributed by atoms with Crippen molar-refractivity contribution in [2.75, 3.05) is 18.4 Å². The summed E-state index contributed by atoms with van der Waals surface area (Å²) >= 11 is 0. The number of amides is 1. The highest BCUT2D eigenvalue weighted by molar-refractivity contribution is 5.91. The maximum atomic E-state index is 13.4. The molecule has 7 heteroatoms. The summed E-state index contributed by atoms with van der Waals surface area (Å²) in [6.45, 7) is 1.06. The van der Waals surface area contributed by atoms with Gasteiger partial charge in [0.2, 0.25) is 5.91 Å². The first-order valence-electron chi connectivity index (χ1n) is 6.59. The minimum Gasteiger partial charge on any atom is -0.480 e. The lowest BCUT2D eigenvalue weighted by atomic mass is 10.2. The maximum absolute atomic E-state index is 13.4. The van der Waals surface area contributed by atoms with E-state index < -0.39 is 17.8 Å². The number of hydrogen-bond acceptors (Lipinski definition) is 3. The SMILES string of the molecule is Cl.O=C(CCN1CCCC1C(=O)O)Nc1ccccc1F. The highest BCUT2D eigenvalue weighted by Crippen LogP contribution is 2.18. The Morgan fingerprint density at radius 3 is 2.76 bits per heavy atom. The van der Waals surface area contributed by atoms with Gasteiger partial charge in [-0.25, -0.2) is 4.39 Å². The van der Waals surface area contributed by atoms with Crippen LogP contribution in [0.3, 0.4) is 0 Å². The molecule has 2 rings (SSSR count). The fraction of sp³-hybridized carbons (Fsp3) is 0.429. The number of carbonyl (C=O) groups excluding carboxylic acids is 1. The lowest BCUT2D eigenvalue weighted by Crippen LogP contribution is -2.37. The first-order valence-corrected chi connectivity index (χ1v) is 6.59. The van der Waals surface area contributed by atoms with Gasteiger partial charge in [0.15, 0.2) is 0 Å². The number of nitrogens with zero attached hydrogens (tertiary/aromatic N) is 1. The number of hydrogen-bond donors (Lipinski definition) is 2. The van der Waals surface area contributed by atoms with Crippen LogP contribution in [0.15, 0.2) is 24.3 Å². The van der Waals surface area contributed by atoms with Gasteiger partial charge in [-0.3, -0.25) is 14.5 Å². The van der Waals surface area contributed by atoms with Crippen molar-refractivity contribution in [3.63, 3.8) is 0 Å². The summed E-state index contributed by atoms with van der Waals surface area (Å²) in [5, 5.41) is 11.5. The molecule has 0 aromatic heterocycles. The first-order chi connectivity index (χ1) is 9.58. The van der Waals surface area contributed by atoms with Crippen LogP contribution in [-0.4, -0.2) is 41.0 Å². The van der Waals surface area contributed by atoms with Crippen molar-refractivity contribution in [3.8, 4) is 0 Å². The number of carboxylic acids is 1. The smallest absolute Gasteiger partial charge is 0.320 e. The van der Waals surface area contributed by atoms with Crippen LogP contribution in [0.5, 0.6) is 0 Å². The number of carboxylic acid groups (broad SMARTS) is 1. The average molecular weight is 317 g/mol. The molecular weight excluding hydrogens is 299 g/mol. The standard InChI is InChI=1S/C14H17FN2O3.ClH/c15-10-4-1-2-5-11(10)16-13(18)7-9-17-8-3-6-12(17)14(19)20;/h1-2,4-5,12H,3,6-9H2,(H,16,18)(H,19,20);1H. The number of benzene rings is 1. The zero-order valence-electron chi connectivity index (χ0n) is 11.4. The second-order valence-corrected chi connectivity index (χ2v) is 4.81. The third-order valence-corrected chi connectivity index (χ3v) is 3.42. The minimum absolute atomic E-state index is 0. The number of likely N-dealkylation sites (tertiary alicyclic amines) is 1. The van der Waals surface area contributed by atoms with Crippen LogP contribution in [0.2, 0.25) is 0 Å². The van der Waals surface area contributed by atoms with Crippen molar-refractivity contribution in [1.82, 2.24) is 4.90 Å². The molecule has 1 amide bonds. The van der Waals surface area contributed by atoms with Gasteiger partial charge >= 0.3 is 5.97 Å². The molecule has 1 heterocycles. The maximum Gasteiger partial charge on any atom is 0.320 e. The fourth-order valence-corrected chi connectivity index (χ4v) is 2.39. The van der Waals surface area contributed by atoms with Gasteiger partial charge < -0.3 is 10.4 Å². The quantitative estimate of drug-likeness (QED) is 0.873. The van der Waals surface area contributed by atoms with Gasteiger partial charge in [0.05, 0.1) is 5.69 Å². The molecule has 0 aliphatic carbocycles. The Bertz CT molecular complexity index is 513. The monoisotopic (exact) mass is 316 g/mol. The second kappa shape index (κ2) is 7.95. The van der Waals surface area contributed by atoms with E-state index in [9.17, 15) is 14.0 Å². The molecule has 1 fully saturated rings. The first kappa shape index (κ1) is 17.4. The van der Waals surface area contributed by atoms with Crippen molar-refractivity contribution in [3.05, 3.63) is 30.1 Å². The molecule has 0 spiro atoms.